The molecule has 9 heteroatoms. The Labute approximate surface area is 242 Å². The minimum absolute atomic E-state index is 0.182. The Balaban J connectivity index is 1.42. The van der Waals surface area contributed by atoms with E-state index in [1.807, 2.05) is 32.2 Å². The Kier molecular flexibility index (Phi) is 7.68. The number of hydrogen-bond acceptors (Lipinski definition) is 4. The van der Waals surface area contributed by atoms with Crippen molar-refractivity contribution >= 4 is 27.6 Å². The van der Waals surface area contributed by atoms with Crippen molar-refractivity contribution in [2.45, 2.75) is 52.2 Å². The van der Waals surface area contributed by atoms with Gasteiger partial charge in [-0.25, -0.2) is 13.6 Å². The molecule has 0 bridgehead atoms. The van der Waals surface area contributed by atoms with Gasteiger partial charge < -0.3 is 19.1 Å². The van der Waals surface area contributed by atoms with Crippen molar-refractivity contribution in [3.8, 4) is 16.9 Å². The first-order valence-corrected chi connectivity index (χ1v) is 14.4. The normalized spacial score (nSPS) is 13.7. The van der Waals surface area contributed by atoms with E-state index in [0.29, 0.717) is 79.1 Å². The van der Waals surface area contributed by atoms with Gasteiger partial charge in [-0.15, -0.1) is 0 Å². The molecular weight excluding hydrogens is 540 g/mol. The van der Waals surface area contributed by atoms with E-state index in [1.54, 1.807) is 21.4 Å². The van der Waals surface area contributed by atoms with Crippen LogP contribution >= 0.6 is 0 Å². The standard InChI is InChI=1S/C33H33F2N3O4/c1-3-27-30-26(36-37(27)2)19-41-16-5-4-15-38-31-24(13-14-25(35)29(30)31)23(32(38)33(39)40)9-7-17-42-28-10-6-8-20-18-21(34)11-12-22(20)28/h6,8,10-14,18H,3-5,7,9,15-17,19H2,1-2H3,(H,39,40). The second-order valence-electron chi connectivity index (χ2n) is 10.7. The molecule has 5 aromatic rings. The van der Waals surface area contributed by atoms with Gasteiger partial charge in [0, 0.05) is 47.8 Å². The highest BCUT2D eigenvalue weighted by Crippen LogP contribution is 2.41. The molecule has 2 aromatic heterocycles. The molecule has 3 heterocycles. The summed E-state index contributed by atoms with van der Waals surface area (Å²) in [5.41, 5.74) is 4.02. The van der Waals surface area contributed by atoms with E-state index in [1.165, 1.54) is 18.2 Å². The predicted molar refractivity (Wildman–Crippen MR) is 157 cm³/mol. The fourth-order valence-corrected chi connectivity index (χ4v) is 6.29. The van der Waals surface area contributed by atoms with Crippen LogP contribution in [0.5, 0.6) is 5.75 Å². The van der Waals surface area contributed by atoms with Crippen molar-refractivity contribution in [1.29, 1.82) is 0 Å². The zero-order chi connectivity index (χ0) is 29.4. The van der Waals surface area contributed by atoms with Crippen molar-refractivity contribution in [1.82, 2.24) is 14.3 Å². The Morgan fingerprint density at radius 2 is 1.93 bits per heavy atom. The summed E-state index contributed by atoms with van der Waals surface area (Å²) < 4.78 is 45.1. The third kappa shape index (κ3) is 4.91. The first-order valence-electron chi connectivity index (χ1n) is 14.4. The van der Waals surface area contributed by atoms with Crippen LogP contribution < -0.4 is 4.74 Å². The molecule has 1 aliphatic rings. The molecule has 0 saturated carbocycles. The van der Waals surface area contributed by atoms with Gasteiger partial charge in [0.1, 0.15) is 23.1 Å². The molecule has 42 heavy (non-hydrogen) atoms. The van der Waals surface area contributed by atoms with Crippen molar-refractivity contribution in [2.75, 3.05) is 13.2 Å². The molecule has 218 valence electrons. The lowest BCUT2D eigenvalue weighted by molar-refractivity contribution is 0.0683. The van der Waals surface area contributed by atoms with Crippen LogP contribution in [0.3, 0.4) is 0 Å². The maximum atomic E-state index is 15.9. The smallest absolute Gasteiger partial charge is 0.352 e. The highest BCUT2D eigenvalue weighted by molar-refractivity contribution is 6.04. The van der Waals surface area contributed by atoms with Gasteiger partial charge in [-0.3, -0.25) is 4.68 Å². The number of nitrogens with zero attached hydrogens (tertiary/aromatic N) is 3. The number of aromatic carboxylic acids is 1. The zero-order valence-electron chi connectivity index (χ0n) is 23.8. The minimum Gasteiger partial charge on any atom is -0.493 e. The summed E-state index contributed by atoms with van der Waals surface area (Å²) >= 11 is 0. The quantitative estimate of drug-likeness (QED) is 0.211. The Bertz CT molecular complexity index is 1810. The summed E-state index contributed by atoms with van der Waals surface area (Å²) in [6, 6.07) is 13.2. The number of carboxylic acids is 1. The highest BCUT2D eigenvalue weighted by atomic mass is 19.1. The average Bonchev–Trinajstić information content (AvgIpc) is 3.44. The van der Waals surface area contributed by atoms with Crippen LogP contribution in [-0.2, 0) is 37.8 Å². The number of ether oxygens (including phenoxy) is 2. The first-order chi connectivity index (χ1) is 20.4. The van der Waals surface area contributed by atoms with Gasteiger partial charge >= 0.3 is 5.97 Å². The molecule has 0 aliphatic carbocycles. The van der Waals surface area contributed by atoms with E-state index in [2.05, 4.69) is 5.10 Å². The van der Waals surface area contributed by atoms with Crippen LogP contribution in [0, 0.1) is 11.6 Å². The summed E-state index contributed by atoms with van der Waals surface area (Å²) in [6.07, 6.45) is 3.03. The van der Waals surface area contributed by atoms with Crippen molar-refractivity contribution < 1.29 is 28.2 Å². The summed E-state index contributed by atoms with van der Waals surface area (Å²) in [5, 5.41) is 17.4. The van der Waals surface area contributed by atoms with Crippen LogP contribution in [0.4, 0.5) is 8.78 Å². The number of aromatic nitrogens is 3. The second-order valence-corrected chi connectivity index (χ2v) is 10.7. The van der Waals surface area contributed by atoms with Gasteiger partial charge in [-0.1, -0.05) is 19.1 Å². The van der Waals surface area contributed by atoms with Crippen LogP contribution in [0.25, 0.3) is 32.8 Å². The number of benzene rings is 3. The summed E-state index contributed by atoms with van der Waals surface area (Å²) in [7, 11) is 1.84. The Hall–Kier alpha value is -4.24. The van der Waals surface area contributed by atoms with Gasteiger partial charge in [0.15, 0.2) is 0 Å². The summed E-state index contributed by atoms with van der Waals surface area (Å²) in [5.74, 6) is -1.12. The lowest BCUT2D eigenvalue weighted by atomic mass is 9.96. The maximum absolute atomic E-state index is 15.9. The summed E-state index contributed by atoms with van der Waals surface area (Å²) in [6.45, 7) is 3.53. The Morgan fingerprint density at radius 3 is 2.74 bits per heavy atom. The number of carbonyl (C=O) groups is 1. The van der Waals surface area contributed by atoms with Gasteiger partial charge in [-0.05, 0) is 79.5 Å². The van der Waals surface area contributed by atoms with Gasteiger partial charge in [0.25, 0.3) is 0 Å². The monoisotopic (exact) mass is 573 g/mol. The first kappa shape index (κ1) is 27.9. The van der Waals surface area contributed by atoms with Crippen LogP contribution in [-0.4, -0.2) is 38.6 Å². The van der Waals surface area contributed by atoms with Crippen LogP contribution in [0.1, 0.15) is 53.6 Å². The molecular formula is C33H33F2N3O4. The van der Waals surface area contributed by atoms with E-state index in [9.17, 15) is 14.3 Å². The van der Waals surface area contributed by atoms with E-state index in [-0.39, 0.29) is 18.1 Å². The zero-order valence-corrected chi connectivity index (χ0v) is 23.8. The molecule has 0 radical (unpaired) electrons. The number of rotatable bonds is 7. The molecule has 1 N–H and O–H groups in total. The highest BCUT2D eigenvalue weighted by Gasteiger charge is 2.29. The topological polar surface area (TPSA) is 78.5 Å². The van der Waals surface area contributed by atoms with Crippen LogP contribution in [0.2, 0.25) is 0 Å². The molecule has 0 saturated heterocycles. The average molecular weight is 574 g/mol. The molecule has 7 nitrogen and oxygen atoms in total. The van der Waals surface area contributed by atoms with E-state index < -0.39 is 11.8 Å². The lowest BCUT2D eigenvalue weighted by Crippen LogP contribution is -2.12. The van der Waals surface area contributed by atoms with Crippen molar-refractivity contribution in [3.05, 3.63) is 82.8 Å². The number of fused-ring (bicyclic) bond motifs is 3. The van der Waals surface area contributed by atoms with Crippen molar-refractivity contribution in [2.24, 2.45) is 7.05 Å². The van der Waals surface area contributed by atoms with E-state index >= 15 is 4.39 Å². The number of aryl methyl sites for hydroxylation is 3. The molecule has 0 amide bonds. The van der Waals surface area contributed by atoms with Crippen LogP contribution in [0.15, 0.2) is 48.5 Å². The molecule has 0 fully saturated rings. The fourth-order valence-electron chi connectivity index (χ4n) is 6.29. The third-order valence-corrected chi connectivity index (χ3v) is 8.09. The van der Waals surface area contributed by atoms with Gasteiger partial charge in [0.05, 0.1) is 24.4 Å². The molecule has 6 rings (SSSR count). The minimum atomic E-state index is -1.04. The van der Waals surface area contributed by atoms with E-state index in [4.69, 9.17) is 9.47 Å². The van der Waals surface area contributed by atoms with Gasteiger partial charge in [0.2, 0.25) is 0 Å². The number of halogens is 2. The van der Waals surface area contributed by atoms with Crippen molar-refractivity contribution in [3.63, 3.8) is 0 Å². The third-order valence-electron chi connectivity index (χ3n) is 8.09. The molecule has 0 atom stereocenters. The molecule has 1 aliphatic heterocycles. The van der Waals surface area contributed by atoms with Gasteiger partial charge in [-0.2, -0.15) is 5.10 Å². The maximum Gasteiger partial charge on any atom is 0.352 e. The number of carboxylic acid groups (broad SMARTS) is 1. The molecule has 0 unspecified atom stereocenters. The SMILES string of the molecule is CCc1c2c(nn1C)COCCCCn1c(C(=O)O)c(CCCOc3cccc4cc(F)ccc34)c3ccc(F)c-2c31. The predicted octanol–water partition coefficient (Wildman–Crippen LogP) is 7.06. The summed E-state index contributed by atoms with van der Waals surface area (Å²) in [4.78, 5) is 12.8. The molecule has 0 spiro atoms. The Morgan fingerprint density at radius 1 is 1.10 bits per heavy atom. The largest absolute Gasteiger partial charge is 0.493 e. The van der Waals surface area contributed by atoms with E-state index in [0.717, 1.165) is 28.3 Å². The number of hydrogen-bond donors (Lipinski definition) is 1. The molecule has 3 aromatic carbocycles. The fraction of sp³-hybridized carbons (Fsp3) is 0.333. The lowest BCUT2D eigenvalue weighted by Gasteiger charge is -2.13. The second kappa shape index (κ2) is 11.6.